The minimum atomic E-state index is 0. The molecule has 1 fully saturated rings. The Hall–Kier alpha value is -1.70. The van der Waals surface area contributed by atoms with Crippen LogP contribution in [0.2, 0.25) is 0 Å². The number of halogens is 2. The molecule has 1 aliphatic heterocycles. The van der Waals surface area contributed by atoms with Gasteiger partial charge in [0.05, 0.1) is 11.9 Å². The molecule has 1 amide bonds. The number of aromatic nitrogens is 4. The predicted octanol–water partition coefficient (Wildman–Crippen LogP) is 1.98. The molecule has 1 unspecified atom stereocenters. The zero-order valence-electron chi connectivity index (χ0n) is 12.5. The van der Waals surface area contributed by atoms with E-state index in [1.54, 1.807) is 23.3 Å². The quantitative estimate of drug-likeness (QED) is 0.853. The molecule has 1 aliphatic rings. The van der Waals surface area contributed by atoms with Gasteiger partial charge in [-0.3, -0.25) is 4.79 Å². The molecule has 2 aromatic rings. The van der Waals surface area contributed by atoms with E-state index < -0.39 is 0 Å². The molecule has 0 saturated carbocycles. The largest absolute Gasteiger partial charge is 0.325 e. The molecule has 9 heteroatoms. The highest BCUT2D eigenvalue weighted by Crippen LogP contribution is 2.13. The van der Waals surface area contributed by atoms with Gasteiger partial charge >= 0.3 is 0 Å². The van der Waals surface area contributed by atoms with E-state index in [-0.39, 0.29) is 30.7 Å². The molecule has 0 aliphatic carbocycles. The molecule has 3 rings (SSSR count). The highest BCUT2D eigenvalue weighted by atomic mass is 35.5. The van der Waals surface area contributed by atoms with Crippen LogP contribution < -0.4 is 10.6 Å². The Balaban J connectivity index is 0.00000132. The summed E-state index contributed by atoms with van der Waals surface area (Å²) in [7, 11) is 0. The van der Waals surface area contributed by atoms with Gasteiger partial charge in [-0.15, -0.1) is 24.8 Å². The van der Waals surface area contributed by atoms with Gasteiger partial charge < -0.3 is 10.6 Å². The fourth-order valence-electron chi connectivity index (χ4n) is 2.45. The minimum Gasteiger partial charge on any atom is -0.325 e. The molecule has 0 radical (unpaired) electrons. The maximum absolute atomic E-state index is 11.9. The third kappa shape index (κ3) is 5.46. The lowest BCUT2D eigenvalue weighted by molar-refractivity contribution is -0.116. The Morgan fingerprint density at radius 3 is 2.87 bits per heavy atom. The maximum Gasteiger partial charge on any atom is 0.224 e. The van der Waals surface area contributed by atoms with Crippen LogP contribution >= 0.6 is 24.8 Å². The summed E-state index contributed by atoms with van der Waals surface area (Å²) in [6, 6.07) is 4.10. The Labute approximate surface area is 147 Å². The third-order valence-corrected chi connectivity index (χ3v) is 3.57. The van der Waals surface area contributed by atoms with Gasteiger partial charge in [-0.05, 0) is 37.9 Å². The SMILES string of the molecule is Cl.Cl.O=C(CCC1CCCN1)Nc1ccc(-n2cncn2)nc1. The van der Waals surface area contributed by atoms with Gasteiger partial charge in [0.2, 0.25) is 5.91 Å². The van der Waals surface area contributed by atoms with E-state index in [0.717, 1.165) is 13.0 Å². The average molecular weight is 359 g/mol. The molecule has 1 atom stereocenters. The van der Waals surface area contributed by atoms with Crippen LogP contribution in [0.3, 0.4) is 0 Å². The normalized spacial score (nSPS) is 16.3. The van der Waals surface area contributed by atoms with Crippen LogP contribution in [-0.2, 0) is 4.79 Å². The first-order chi connectivity index (χ1) is 10.3. The molecule has 23 heavy (non-hydrogen) atoms. The molecule has 0 aromatic carbocycles. The molecular weight excluding hydrogens is 339 g/mol. The van der Waals surface area contributed by atoms with E-state index >= 15 is 0 Å². The molecule has 0 bridgehead atoms. The maximum atomic E-state index is 11.9. The fourth-order valence-corrected chi connectivity index (χ4v) is 2.45. The first-order valence-corrected chi connectivity index (χ1v) is 7.15. The van der Waals surface area contributed by atoms with E-state index in [2.05, 4.69) is 25.7 Å². The molecule has 1 saturated heterocycles. The van der Waals surface area contributed by atoms with E-state index in [1.165, 1.54) is 19.2 Å². The monoisotopic (exact) mass is 358 g/mol. The molecular formula is C14H20Cl2N6O. The second-order valence-corrected chi connectivity index (χ2v) is 5.13. The van der Waals surface area contributed by atoms with Gasteiger partial charge in [-0.2, -0.15) is 5.10 Å². The van der Waals surface area contributed by atoms with Gasteiger partial charge in [-0.1, -0.05) is 0 Å². The highest BCUT2D eigenvalue weighted by molar-refractivity contribution is 5.90. The highest BCUT2D eigenvalue weighted by Gasteiger charge is 2.15. The fraction of sp³-hybridized carbons (Fsp3) is 0.429. The van der Waals surface area contributed by atoms with Crippen LogP contribution in [-0.4, -0.2) is 38.2 Å². The van der Waals surface area contributed by atoms with Gasteiger partial charge in [0.1, 0.15) is 12.7 Å². The Bertz CT molecular complexity index is 584. The number of nitrogens with one attached hydrogen (secondary N) is 2. The standard InChI is InChI=1S/C14H18N6O.2ClH/c21-14(6-4-11-2-1-7-16-11)19-12-3-5-13(17-8-12)20-10-15-9-18-20;;/h3,5,8-11,16H,1-2,4,6-7H2,(H,19,21);2*1H. The number of carbonyl (C=O) groups is 1. The molecule has 2 N–H and O–H groups in total. The van der Waals surface area contributed by atoms with Crippen LogP contribution in [0.15, 0.2) is 31.0 Å². The summed E-state index contributed by atoms with van der Waals surface area (Å²) in [6.45, 7) is 1.07. The van der Waals surface area contributed by atoms with Crippen molar-refractivity contribution in [3.05, 3.63) is 31.0 Å². The second kappa shape index (κ2) is 9.44. The summed E-state index contributed by atoms with van der Waals surface area (Å²) < 4.78 is 1.57. The zero-order valence-corrected chi connectivity index (χ0v) is 14.1. The summed E-state index contributed by atoms with van der Waals surface area (Å²) in [5, 5.41) is 10.3. The first-order valence-electron chi connectivity index (χ1n) is 7.15. The lowest BCUT2D eigenvalue weighted by Gasteiger charge is -2.10. The number of anilines is 1. The van der Waals surface area contributed by atoms with Crippen molar-refractivity contribution < 1.29 is 4.79 Å². The summed E-state index contributed by atoms with van der Waals surface area (Å²) >= 11 is 0. The predicted molar refractivity (Wildman–Crippen MR) is 92.5 cm³/mol. The van der Waals surface area contributed by atoms with Crippen LogP contribution in [0.5, 0.6) is 0 Å². The lowest BCUT2D eigenvalue weighted by atomic mass is 10.1. The minimum absolute atomic E-state index is 0. The van der Waals surface area contributed by atoms with E-state index in [4.69, 9.17) is 0 Å². The number of pyridine rings is 1. The van der Waals surface area contributed by atoms with Crippen molar-refractivity contribution in [3.8, 4) is 5.82 Å². The summed E-state index contributed by atoms with van der Waals surface area (Å²) in [5.74, 6) is 0.694. The van der Waals surface area contributed by atoms with Crippen molar-refractivity contribution in [1.29, 1.82) is 0 Å². The Morgan fingerprint density at radius 1 is 1.39 bits per heavy atom. The van der Waals surface area contributed by atoms with Crippen molar-refractivity contribution in [1.82, 2.24) is 25.1 Å². The third-order valence-electron chi connectivity index (χ3n) is 3.57. The second-order valence-electron chi connectivity index (χ2n) is 5.13. The Morgan fingerprint density at radius 2 is 2.26 bits per heavy atom. The lowest BCUT2D eigenvalue weighted by Crippen LogP contribution is -2.23. The van der Waals surface area contributed by atoms with Crippen LogP contribution in [0.4, 0.5) is 5.69 Å². The van der Waals surface area contributed by atoms with Crippen molar-refractivity contribution in [2.24, 2.45) is 0 Å². The number of amides is 1. The van der Waals surface area contributed by atoms with Gasteiger partial charge in [0.15, 0.2) is 5.82 Å². The number of hydrogen-bond donors (Lipinski definition) is 2. The molecule has 3 heterocycles. The van der Waals surface area contributed by atoms with E-state index in [0.29, 0.717) is 24.0 Å². The summed E-state index contributed by atoms with van der Waals surface area (Å²) in [6.07, 6.45) is 8.45. The van der Waals surface area contributed by atoms with Crippen LogP contribution in [0.1, 0.15) is 25.7 Å². The number of hydrogen-bond acceptors (Lipinski definition) is 5. The molecule has 0 spiro atoms. The molecule has 7 nitrogen and oxygen atoms in total. The number of carbonyl (C=O) groups excluding carboxylic acids is 1. The van der Waals surface area contributed by atoms with Gasteiger partial charge in [-0.25, -0.2) is 14.6 Å². The van der Waals surface area contributed by atoms with Crippen LogP contribution in [0.25, 0.3) is 5.82 Å². The zero-order chi connectivity index (χ0) is 14.5. The summed E-state index contributed by atoms with van der Waals surface area (Å²) in [5.41, 5.74) is 0.697. The first kappa shape index (κ1) is 19.3. The van der Waals surface area contributed by atoms with E-state index in [9.17, 15) is 4.79 Å². The number of nitrogens with zero attached hydrogens (tertiary/aromatic N) is 4. The van der Waals surface area contributed by atoms with Crippen molar-refractivity contribution in [2.75, 3.05) is 11.9 Å². The van der Waals surface area contributed by atoms with Gasteiger partial charge in [0, 0.05) is 12.5 Å². The molecule has 126 valence electrons. The van der Waals surface area contributed by atoms with Crippen molar-refractivity contribution in [2.45, 2.75) is 31.7 Å². The smallest absolute Gasteiger partial charge is 0.224 e. The van der Waals surface area contributed by atoms with Crippen molar-refractivity contribution in [3.63, 3.8) is 0 Å². The summed E-state index contributed by atoms with van der Waals surface area (Å²) in [4.78, 5) is 20.0. The van der Waals surface area contributed by atoms with E-state index in [1.807, 2.05) is 6.07 Å². The molecule has 2 aromatic heterocycles. The average Bonchev–Trinajstić information content (AvgIpc) is 3.19. The van der Waals surface area contributed by atoms with Gasteiger partial charge in [0.25, 0.3) is 0 Å². The Kier molecular flexibility index (Phi) is 7.94. The van der Waals surface area contributed by atoms with Crippen molar-refractivity contribution >= 4 is 36.4 Å². The topological polar surface area (TPSA) is 84.7 Å². The number of rotatable bonds is 5. The van der Waals surface area contributed by atoms with Crippen LogP contribution in [0, 0.1) is 0 Å².